The predicted molar refractivity (Wildman–Crippen MR) is 63.2 cm³/mol. The molecule has 0 saturated carbocycles. The van der Waals surface area contributed by atoms with Gasteiger partial charge in [0.15, 0.2) is 0 Å². The third kappa shape index (κ3) is 4.09. The monoisotopic (exact) mass is 262 g/mol. The van der Waals surface area contributed by atoms with E-state index in [9.17, 15) is 13.2 Å². The van der Waals surface area contributed by atoms with Gasteiger partial charge in [0.05, 0.1) is 12.5 Å². The number of thioether (sulfide) groups is 1. The fraction of sp³-hybridized carbons (Fsp3) is 0.333. The first-order chi connectivity index (χ1) is 7.99. The van der Waals surface area contributed by atoms with Gasteiger partial charge in [0.2, 0.25) is 0 Å². The van der Waals surface area contributed by atoms with Crippen LogP contribution in [-0.4, -0.2) is 24.1 Å². The van der Waals surface area contributed by atoms with Gasteiger partial charge in [0, 0.05) is 4.90 Å². The van der Waals surface area contributed by atoms with E-state index in [0.29, 0.717) is 0 Å². The highest BCUT2D eigenvalue weighted by molar-refractivity contribution is 7.98. The third-order valence-corrected chi connectivity index (χ3v) is 3.01. The SMILES string of the molecule is CSc1ccc([C@H](/C=C/CO)C(F)(F)F)cc1. The lowest BCUT2D eigenvalue weighted by Gasteiger charge is -2.17. The number of aliphatic hydroxyl groups is 1. The molecular formula is C12H13F3OS. The van der Waals surface area contributed by atoms with Gasteiger partial charge in [-0.2, -0.15) is 13.2 Å². The van der Waals surface area contributed by atoms with Gasteiger partial charge >= 0.3 is 6.18 Å². The summed E-state index contributed by atoms with van der Waals surface area (Å²) in [4.78, 5) is 0.917. The molecule has 17 heavy (non-hydrogen) atoms. The Bertz CT molecular complexity index is 370. The van der Waals surface area contributed by atoms with Gasteiger partial charge in [-0.1, -0.05) is 24.3 Å². The Morgan fingerprint density at radius 2 is 1.88 bits per heavy atom. The number of aliphatic hydroxyl groups excluding tert-OH is 1. The minimum atomic E-state index is -4.34. The molecule has 0 amide bonds. The molecule has 0 spiro atoms. The lowest BCUT2D eigenvalue weighted by atomic mass is 9.98. The highest BCUT2D eigenvalue weighted by atomic mass is 32.2. The first kappa shape index (κ1) is 14.1. The van der Waals surface area contributed by atoms with Crippen LogP contribution in [0.1, 0.15) is 11.5 Å². The van der Waals surface area contributed by atoms with E-state index in [1.165, 1.54) is 23.9 Å². The lowest BCUT2D eigenvalue weighted by molar-refractivity contribution is -0.139. The molecule has 0 unspecified atom stereocenters. The normalized spacial score (nSPS) is 14.2. The van der Waals surface area contributed by atoms with Crippen molar-refractivity contribution in [2.45, 2.75) is 17.0 Å². The highest BCUT2D eigenvalue weighted by Gasteiger charge is 2.38. The average Bonchev–Trinajstić information content (AvgIpc) is 2.29. The number of benzene rings is 1. The largest absolute Gasteiger partial charge is 0.399 e. The summed E-state index contributed by atoms with van der Waals surface area (Å²) in [5.41, 5.74) is 0.181. The molecule has 0 saturated heterocycles. The Morgan fingerprint density at radius 1 is 1.29 bits per heavy atom. The molecule has 94 valence electrons. The molecule has 1 aromatic carbocycles. The number of rotatable bonds is 4. The molecule has 0 aliphatic rings. The van der Waals surface area contributed by atoms with Crippen LogP contribution >= 0.6 is 11.8 Å². The van der Waals surface area contributed by atoms with Gasteiger partial charge in [-0.15, -0.1) is 11.8 Å². The van der Waals surface area contributed by atoms with E-state index in [4.69, 9.17) is 5.11 Å². The summed E-state index contributed by atoms with van der Waals surface area (Å²) in [6, 6.07) is 6.24. The van der Waals surface area contributed by atoms with E-state index >= 15 is 0 Å². The first-order valence-corrected chi connectivity index (χ1v) is 6.19. The van der Waals surface area contributed by atoms with Crippen LogP contribution in [0.15, 0.2) is 41.3 Å². The second kappa shape index (κ2) is 6.12. The van der Waals surface area contributed by atoms with Gasteiger partial charge in [-0.25, -0.2) is 0 Å². The van der Waals surface area contributed by atoms with Crippen molar-refractivity contribution in [3.8, 4) is 0 Å². The van der Waals surface area contributed by atoms with Gasteiger partial charge < -0.3 is 5.11 Å². The van der Waals surface area contributed by atoms with Gasteiger partial charge in [0.1, 0.15) is 0 Å². The topological polar surface area (TPSA) is 20.2 Å². The van der Waals surface area contributed by atoms with Crippen molar-refractivity contribution in [1.29, 1.82) is 0 Å². The van der Waals surface area contributed by atoms with Crippen LogP contribution < -0.4 is 0 Å². The predicted octanol–water partition coefficient (Wildman–Crippen LogP) is 3.60. The summed E-state index contributed by atoms with van der Waals surface area (Å²) in [6.45, 7) is -0.393. The molecular weight excluding hydrogens is 249 g/mol. The average molecular weight is 262 g/mol. The zero-order valence-electron chi connectivity index (χ0n) is 9.24. The molecule has 1 rings (SSSR count). The van der Waals surface area contributed by atoms with E-state index in [1.54, 1.807) is 12.1 Å². The molecule has 0 aliphatic heterocycles. The summed E-state index contributed by atoms with van der Waals surface area (Å²) < 4.78 is 38.3. The Morgan fingerprint density at radius 3 is 2.29 bits per heavy atom. The summed E-state index contributed by atoms with van der Waals surface area (Å²) in [7, 11) is 0. The van der Waals surface area contributed by atoms with Crippen molar-refractivity contribution in [2.24, 2.45) is 0 Å². The number of hydrogen-bond acceptors (Lipinski definition) is 2. The van der Waals surface area contributed by atoms with Crippen molar-refractivity contribution < 1.29 is 18.3 Å². The minimum absolute atomic E-state index is 0.181. The van der Waals surface area contributed by atoms with Crippen molar-refractivity contribution in [2.75, 3.05) is 12.9 Å². The van der Waals surface area contributed by atoms with Crippen molar-refractivity contribution in [3.05, 3.63) is 42.0 Å². The maximum atomic E-state index is 12.8. The van der Waals surface area contributed by atoms with Crippen LogP contribution in [0.5, 0.6) is 0 Å². The Hall–Kier alpha value is -0.940. The second-order valence-corrected chi connectivity index (χ2v) is 4.28. The highest BCUT2D eigenvalue weighted by Crippen LogP contribution is 2.36. The summed E-state index contributed by atoms with van der Waals surface area (Å²) >= 11 is 1.48. The minimum Gasteiger partial charge on any atom is -0.392 e. The number of halogens is 3. The molecule has 5 heteroatoms. The van der Waals surface area contributed by atoms with Crippen LogP contribution in [0, 0.1) is 0 Å². The van der Waals surface area contributed by atoms with Crippen molar-refractivity contribution >= 4 is 11.8 Å². The summed E-state index contributed by atoms with van der Waals surface area (Å²) in [5, 5.41) is 8.55. The lowest BCUT2D eigenvalue weighted by Crippen LogP contribution is -2.19. The van der Waals surface area contributed by atoms with Crippen LogP contribution in [0.3, 0.4) is 0 Å². The smallest absolute Gasteiger partial charge is 0.392 e. The first-order valence-electron chi connectivity index (χ1n) is 4.97. The van der Waals surface area contributed by atoms with Crippen molar-refractivity contribution in [1.82, 2.24) is 0 Å². The summed E-state index contributed by atoms with van der Waals surface area (Å²) in [5.74, 6) is -1.66. The van der Waals surface area contributed by atoms with Crippen LogP contribution in [0.25, 0.3) is 0 Å². The molecule has 0 heterocycles. The van der Waals surface area contributed by atoms with Crippen LogP contribution in [0.2, 0.25) is 0 Å². The summed E-state index contributed by atoms with van der Waals surface area (Å²) in [6.07, 6.45) is -0.386. The zero-order valence-corrected chi connectivity index (χ0v) is 10.1. The van der Waals surface area contributed by atoms with E-state index in [1.807, 2.05) is 6.26 Å². The Balaban J connectivity index is 3.00. The molecule has 1 aromatic rings. The third-order valence-electron chi connectivity index (χ3n) is 2.26. The van der Waals surface area contributed by atoms with Gasteiger partial charge in [-0.05, 0) is 24.0 Å². The molecule has 0 fully saturated rings. The van der Waals surface area contributed by atoms with Crippen LogP contribution in [0.4, 0.5) is 13.2 Å². The van der Waals surface area contributed by atoms with E-state index < -0.39 is 18.7 Å². The molecule has 0 radical (unpaired) electrons. The Labute approximate surface area is 102 Å². The Kier molecular flexibility index (Phi) is 5.08. The fourth-order valence-corrected chi connectivity index (χ4v) is 1.83. The quantitative estimate of drug-likeness (QED) is 0.661. The van der Waals surface area contributed by atoms with E-state index in [-0.39, 0.29) is 5.56 Å². The maximum absolute atomic E-state index is 12.8. The molecule has 0 bridgehead atoms. The van der Waals surface area contributed by atoms with Crippen LogP contribution in [-0.2, 0) is 0 Å². The molecule has 1 N–H and O–H groups in total. The van der Waals surface area contributed by atoms with E-state index in [0.717, 1.165) is 17.0 Å². The number of hydrogen-bond donors (Lipinski definition) is 1. The van der Waals surface area contributed by atoms with E-state index in [2.05, 4.69) is 0 Å². The molecule has 0 aliphatic carbocycles. The maximum Gasteiger partial charge on any atom is 0.399 e. The zero-order chi connectivity index (χ0) is 12.9. The molecule has 1 atom stereocenters. The standard InChI is InChI=1S/C12H13F3OS/c1-17-10-6-4-9(5-7-10)11(3-2-8-16)12(13,14)15/h2-7,11,16H,8H2,1H3/b3-2+/t11-/m0/s1. The van der Waals surface area contributed by atoms with Crippen molar-refractivity contribution in [3.63, 3.8) is 0 Å². The molecule has 1 nitrogen and oxygen atoms in total. The second-order valence-electron chi connectivity index (χ2n) is 3.40. The molecule has 0 aromatic heterocycles. The van der Waals surface area contributed by atoms with Gasteiger partial charge in [0.25, 0.3) is 0 Å². The number of alkyl halides is 3. The fourth-order valence-electron chi connectivity index (χ4n) is 1.42. The van der Waals surface area contributed by atoms with Gasteiger partial charge in [-0.3, -0.25) is 0 Å². The number of allylic oxidation sites excluding steroid dienone is 1.